The van der Waals surface area contributed by atoms with E-state index in [2.05, 4.69) is 0 Å². The summed E-state index contributed by atoms with van der Waals surface area (Å²) in [6, 6.07) is 0. The van der Waals surface area contributed by atoms with Gasteiger partial charge in [0.1, 0.15) is 0 Å². The molecule has 0 heterocycles. The summed E-state index contributed by atoms with van der Waals surface area (Å²) in [5.74, 6) is -0.762. The van der Waals surface area contributed by atoms with Gasteiger partial charge in [0, 0.05) is 6.61 Å². The quantitative estimate of drug-likeness (QED) is 0.804. The molecule has 0 aromatic rings. The highest BCUT2D eigenvalue weighted by molar-refractivity contribution is 5.77. The molecule has 0 atom stereocenters. The van der Waals surface area contributed by atoms with E-state index < -0.39 is 11.6 Å². The Bertz CT molecular complexity index is 256. The first-order valence-corrected chi connectivity index (χ1v) is 6.50. The lowest BCUT2D eigenvalue weighted by Crippen LogP contribution is -2.46. The van der Waals surface area contributed by atoms with Gasteiger partial charge in [0.15, 0.2) is 5.60 Å². The summed E-state index contributed by atoms with van der Waals surface area (Å²) in [6.07, 6.45) is 8.75. The molecule has 2 fully saturated rings. The highest BCUT2D eigenvalue weighted by Crippen LogP contribution is 2.52. The third-order valence-corrected chi connectivity index (χ3v) is 4.59. The van der Waals surface area contributed by atoms with E-state index in [0.717, 1.165) is 12.8 Å². The molecule has 2 aliphatic rings. The van der Waals surface area contributed by atoms with Crippen molar-refractivity contribution in [2.75, 3.05) is 6.61 Å². The number of hydrogen-bond acceptors (Lipinski definition) is 2. The van der Waals surface area contributed by atoms with Crippen molar-refractivity contribution in [2.45, 2.75) is 63.9 Å². The number of carboxylic acids is 1. The maximum atomic E-state index is 11.3. The van der Waals surface area contributed by atoms with Crippen LogP contribution in [0.3, 0.4) is 0 Å². The Labute approximate surface area is 97.2 Å². The fourth-order valence-electron chi connectivity index (χ4n) is 3.51. The molecule has 0 aromatic carbocycles. The Balaban J connectivity index is 2.03. The molecule has 0 aromatic heterocycles. The van der Waals surface area contributed by atoms with Crippen LogP contribution in [0.15, 0.2) is 0 Å². The van der Waals surface area contributed by atoms with Crippen LogP contribution in [0, 0.1) is 5.41 Å². The van der Waals surface area contributed by atoms with Gasteiger partial charge in [-0.3, -0.25) is 0 Å². The minimum Gasteiger partial charge on any atom is -0.479 e. The summed E-state index contributed by atoms with van der Waals surface area (Å²) < 4.78 is 5.54. The maximum Gasteiger partial charge on any atom is 0.335 e. The highest BCUT2D eigenvalue weighted by Gasteiger charge is 2.48. The molecular formula is C13H22O3. The fraction of sp³-hybridized carbons (Fsp3) is 0.923. The summed E-state index contributed by atoms with van der Waals surface area (Å²) in [7, 11) is 0. The summed E-state index contributed by atoms with van der Waals surface area (Å²) in [5.41, 5.74) is -0.404. The van der Waals surface area contributed by atoms with Gasteiger partial charge in [-0.05, 0) is 50.9 Å². The molecule has 0 bridgehead atoms. The van der Waals surface area contributed by atoms with Crippen molar-refractivity contribution >= 4 is 5.97 Å². The largest absolute Gasteiger partial charge is 0.479 e. The van der Waals surface area contributed by atoms with E-state index in [4.69, 9.17) is 4.74 Å². The first-order chi connectivity index (χ1) is 7.63. The second kappa shape index (κ2) is 4.36. The molecule has 0 aliphatic heterocycles. The standard InChI is InChI=1S/C13H22O3/c1-2-16-13(11(14)15)9-7-12(8-10-13)5-3-4-6-12/h2-10H2,1H3,(H,14,15). The average molecular weight is 226 g/mol. The summed E-state index contributed by atoms with van der Waals surface area (Å²) in [4.78, 5) is 11.3. The minimum atomic E-state index is -0.872. The van der Waals surface area contributed by atoms with Gasteiger partial charge < -0.3 is 9.84 Å². The monoisotopic (exact) mass is 226 g/mol. The molecule has 1 spiro atoms. The number of carbonyl (C=O) groups is 1. The molecule has 0 radical (unpaired) electrons. The predicted octanol–water partition coefficient (Wildman–Crippen LogP) is 2.98. The first-order valence-electron chi connectivity index (χ1n) is 6.50. The van der Waals surface area contributed by atoms with E-state index in [-0.39, 0.29) is 0 Å². The zero-order valence-electron chi connectivity index (χ0n) is 10.1. The summed E-state index contributed by atoms with van der Waals surface area (Å²) in [5, 5.41) is 9.33. The van der Waals surface area contributed by atoms with Crippen molar-refractivity contribution in [1.29, 1.82) is 0 Å². The van der Waals surface area contributed by atoms with E-state index in [1.807, 2.05) is 6.92 Å². The summed E-state index contributed by atoms with van der Waals surface area (Å²) in [6.45, 7) is 2.38. The molecule has 0 saturated heterocycles. The van der Waals surface area contributed by atoms with Gasteiger partial charge in [-0.25, -0.2) is 4.79 Å². The lowest BCUT2D eigenvalue weighted by atomic mass is 9.67. The predicted molar refractivity (Wildman–Crippen MR) is 61.4 cm³/mol. The molecule has 92 valence electrons. The molecular weight excluding hydrogens is 204 g/mol. The van der Waals surface area contributed by atoms with Crippen molar-refractivity contribution in [3.05, 3.63) is 0 Å². The molecule has 0 unspecified atom stereocenters. The average Bonchev–Trinajstić information content (AvgIpc) is 2.71. The van der Waals surface area contributed by atoms with Crippen molar-refractivity contribution < 1.29 is 14.6 Å². The van der Waals surface area contributed by atoms with Gasteiger partial charge in [-0.1, -0.05) is 12.8 Å². The number of carboxylic acid groups (broad SMARTS) is 1. The van der Waals surface area contributed by atoms with Crippen LogP contribution in [0.5, 0.6) is 0 Å². The van der Waals surface area contributed by atoms with E-state index in [1.54, 1.807) is 0 Å². The number of ether oxygens (including phenoxy) is 1. The molecule has 1 N–H and O–H groups in total. The van der Waals surface area contributed by atoms with E-state index in [1.165, 1.54) is 25.7 Å². The Hall–Kier alpha value is -0.570. The molecule has 0 amide bonds. The van der Waals surface area contributed by atoms with Crippen LogP contribution in [0.2, 0.25) is 0 Å². The molecule has 16 heavy (non-hydrogen) atoms. The lowest BCUT2D eigenvalue weighted by Gasteiger charge is -2.42. The van der Waals surface area contributed by atoms with Crippen LogP contribution < -0.4 is 0 Å². The molecule has 3 nitrogen and oxygen atoms in total. The second-order valence-corrected chi connectivity index (χ2v) is 5.44. The van der Waals surface area contributed by atoms with Gasteiger partial charge in [0.2, 0.25) is 0 Å². The zero-order valence-corrected chi connectivity index (χ0v) is 10.1. The zero-order chi connectivity index (χ0) is 11.6. The van der Waals surface area contributed by atoms with E-state index in [0.29, 0.717) is 24.9 Å². The smallest absolute Gasteiger partial charge is 0.335 e. The Morgan fingerprint density at radius 2 is 1.69 bits per heavy atom. The lowest BCUT2D eigenvalue weighted by molar-refractivity contribution is -0.173. The Morgan fingerprint density at radius 3 is 2.12 bits per heavy atom. The van der Waals surface area contributed by atoms with E-state index in [9.17, 15) is 9.90 Å². The second-order valence-electron chi connectivity index (χ2n) is 5.44. The fourth-order valence-corrected chi connectivity index (χ4v) is 3.51. The highest BCUT2D eigenvalue weighted by atomic mass is 16.5. The van der Waals surface area contributed by atoms with Gasteiger partial charge in [-0.2, -0.15) is 0 Å². The van der Waals surface area contributed by atoms with Crippen molar-refractivity contribution in [3.8, 4) is 0 Å². The maximum absolute atomic E-state index is 11.3. The number of aliphatic carboxylic acids is 1. The van der Waals surface area contributed by atoms with Crippen LogP contribution in [0.25, 0.3) is 0 Å². The number of hydrogen-bond donors (Lipinski definition) is 1. The van der Waals surface area contributed by atoms with Crippen LogP contribution in [-0.4, -0.2) is 23.3 Å². The molecule has 2 rings (SSSR count). The van der Waals surface area contributed by atoms with E-state index >= 15 is 0 Å². The summed E-state index contributed by atoms with van der Waals surface area (Å²) >= 11 is 0. The van der Waals surface area contributed by atoms with Gasteiger partial charge >= 0.3 is 5.97 Å². The van der Waals surface area contributed by atoms with Gasteiger partial charge in [-0.15, -0.1) is 0 Å². The van der Waals surface area contributed by atoms with Gasteiger partial charge in [0.25, 0.3) is 0 Å². The minimum absolute atomic E-state index is 0.468. The first kappa shape index (κ1) is 11.9. The molecule has 2 aliphatic carbocycles. The van der Waals surface area contributed by atoms with Crippen molar-refractivity contribution in [2.24, 2.45) is 5.41 Å². The molecule has 3 heteroatoms. The molecule has 2 saturated carbocycles. The Morgan fingerprint density at radius 1 is 1.12 bits per heavy atom. The Kier molecular flexibility index (Phi) is 3.24. The van der Waals surface area contributed by atoms with Crippen LogP contribution in [0.4, 0.5) is 0 Å². The SMILES string of the molecule is CCOC1(C(=O)O)CCC2(CCCC2)CC1. The van der Waals surface area contributed by atoms with Crippen LogP contribution in [0.1, 0.15) is 58.3 Å². The number of rotatable bonds is 3. The van der Waals surface area contributed by atoms with Crippen molar-refractivity contribution in [1.82, 2.24) is 0 Å². The topological polar surface area (TPSA) is 46.5 Å². The third-order valence-electron chi connectivity index (χ3n) is 4.59. The van der Waals surface area contributed by atoms with Crippen LogP contribution in [-0.2, 0) is 9.53 Å². The van der Waals surface area contributed by atoms with Crippen molar-refractivity contribution in [3.63, 3.8) is 0 Å². The normalized spacial score (nSPS) is 27.1. The van der Waals surface area contributed by atoms with Gasteiger partial charge in [0.05, 0.1) is 0 Å². The third kappa shape index (κ3) is 1.97. The van der Waals surface area contributed by atoms with Crippen LogP contribution >= 0.6 is 0 Å².